The van der Waals surface area contributed by atoms with Crippen LogP contribution in [0.3, 0.4) is 0 Å². The fraction of sp³-hybridized carbons (Fsp3) is 0.444. The first-order chi connectivity index (χ1) is 22.9. The predicted octanol–water partition coefficient (Wildman–Crippen LogP) is 7.12. The summed E-state index contributed by atoms with van der Waals surface area (Å²) in [5, 5.41) is 5.66. The summed E-state index contributed by atoms with van der Waals surface area (Å²) in [6, 6.07) is 16.0. The molecule has 0 aliphatic heterocycles. The van der Waals surface area contributed by atoms with E-state index in [4.69, 9.17) is 29.4 Å². The number of carbonyl (C=O) groups is 2. The summed E-state index contributed by atoms with van der Waals surface area (Å²) < 4.78 is 15.0. The van der Waals surface area contributed by atoms with Gasteiger partial charge < -0.3 is 29.2 Å². The van der Waals surface area contributed by atoms with E-state index in [0.29, 0.717) is 37.6 Å². The molecule has 12 nitrogen and oxygen atoms in total. The van der Waals surface area contributed by atoms with E-state index in [2.05, 4.69) is 31.9 Å². The number of aryl methyl sites for hydroxylation is 2. The SMILES string of the molecule is CC(C)(C)OC(=O)NCCCCn1c(-c2cnc(-c3nc4ccccc4n3CCCCNC(=O)OC(C)(C)C)cn2)nc2ccccc21. The Labute approximate surface area is 281 Å². The van der Waals surface area contributed by atoms with Gasteiger partial charge in [0.1, 0.15) is 22.6 Å². The summed E-state index contributed by atoms with van der Waals surface area (Å²) in [6.07, 6.45) is 5.91. The molecule has 0 fully saturated rings. The van der Waals surface area contributed by atoms with Crippen LogP contribution in [-0.2, 0) is 22.6 Å². The molecule has 2 amide bonds. The van der Waals surface area contributed by atoms with Crippen LogP contribution in [0.1, 0.15) is 67.2 Å². The zero-order valence-corrected chi connectivity index (χ0v) is 28.7. The maximum atomic E-state index is 12.0. The molecule has 0 saturated heterocycles. The van der Waals surface area contributed by atoms with E-state index in [9.17, 15) is 9.59 Å². The maximum Gasteiger partial charge on any atom is 0.407 e. The molecule has 3 heterocycles. The fourth-order valence-electron chi connectivity index (χ4n) is 5.35. The quantitative estimate of drug-likeness (QED) is 0.136. The van der Waals surface area contributed by atoms with Gasteiger partial charge in [0.15, 0.2) is 11.6 Å². The van der Waals surface area contributed by atoms with Gasteiger partial charge >= 0.3 is 12.2 Å². The molecule has 0 spiro atoms. The van der Waals surface area contributed by atoms with E-state index in [0.717, 1.165) is 59.4 Å². The highest BCUT2D eigenvalue weighted by Gasteiger charge is 2.19. The largest absolute Gasteiger partial charge is 0.444 e. The van der Waals surface area contributed by atoms with E-state index in [1.165, 1.54) is 0 Å². The van der Waals surface area contributed by atoms with Gasteiger partial charge in [-0.3, -0.25) is 0 Å². The summed E-state index contributed by atoms with van der Waals surface area (Å²) in [6.45, 7) is 13.5. The molecule has 0 aliphatic carbocycles. The molecule has 2 aromatic carbocycles. The minimum absolute atomic E-state index is 0.407. The third-order valence-corrected chi connectivity index (χ3v) is 7.37. The number of unbranched alkanes of at least 4 members (excludes halogenated alkanes) is 2. The third-order valence-electron chi connectivity index (χ3n) is 7.37. The number of imidazole rings is 2. The van der Waals surface area contributed by atoms with Crippen molar-refractivity contribution in [2.45, 2.75) is 91.5 Å². The van der Waals surface area contributed by atoms with Crippen molar-refractivity contribution in [1.82, 2.24) is 39.7 Å². The lowest BCUT2D eigenvalue weighted by Gasteiger charge is -2.19. The van der Waals surface area contributed by atoms with Crippen molar-refractivity contribution in [2.75, 3.05) is 13.1 Å². The summed E-state index contributed by atoms with van der Waals surface area (Å²) in [7, 11) is 0. The molecule has 0 atom stereocenters. The molecule has 3 aromatic heterocycles. The van der Waals surface area contributed by atoms with Crippen molar-refractivity contribution in [3.05, 3.63) is 60.9 Å². The van der Waals surface area contributed by atoms with E-state index >= 15 is 0 Å². The van der Waals surface area contributed by atoms with Crippen LogP contribution in [0.4, 0.5) is 9.59 Å². The smallest absolute Gasteiger partial charge is 0.407 e. The first kappa shape index (κ1) is 34.3. The fourth-order valence-corrected chi connectivity index (χ4v) is 5.35. The highest BCUT2D eigenvalue weighted by molar-refractivity contribution is 5.81. The van der Waals surface area contributed by atoms with Crippen molar-refractivity contribution in [1.29, 1.82) is 0 Å². The number of para-hydroxylation sites is 4. The Hall–Kier alpha value is -5.00. The van der Waals surface area contributed by atoms with Crippen LogP contribution in [0, 0.1) is 0 Å². The zero-order valence-electron chi connectivity index (χ0n) is 28.7. The third kappa shape index (κ3) is 9.08. The minimum atomic E-state index is -0.528. The van der Waals surface area contributed by atoms with Gasteiger partial charge in [-0.05, 0) is 91.5 Å². The van der Waals surface area contributed by atoms with Crippen molar-refractivity contribution >= 4 is 34.3 Å². The molecule has 0 bridgehead atoms. The van der Waals surface area contributed by atoms with Crippen LogP contribution in [0.2, 0.25) is 0 Å². The number of alkyl carbamates (subject to hydrolysis) is 2. The summed E-state index contributed by atoms with van der Waals surface area (Å²) in [4.78, 5) is 43.5. The molecule has 0 unspecified atom stereocenters. The lowest BCUT2D eigenvalue weighted by atomic mass is 10.2. The lowest BCUT2D eigenvalue weighted by molar-refractivity contribution is 0.0515. The van der Waals surface area contributed by atoms with Gasteiger partial charge in [-0.15, -0.1) is 0 Å². The van der Waals surface area contributed by atoms with Gasteiger partial charge in [-0.1, -0.05) is 24.3 Å². The second kappa shape index (κ2) is 14.8. The van der Waals surface area contributed by atoms with Gasteiger partial charge in [0.25, 0.3) is 0 Å². The molecule has 0 saturated carbocycles. The highest BCUT2D eigenvalue weighted by atomic mass is 16.6. The van der Waals surface area contributed by atoms with Crippen LogP contribution >= 0.6 is 0 Å². The number of nitrogens with zero attached hydrogens (tertiary/aromatic N) is 6. The standard InChI is InChI=1S/C36H46N8O4/c1-35(2,3)47-33(45)37-19-11-13-21-43-29-17-9-7-15-25(29)41-31(43)27-23-40-28(24-39-27)32-42-26-16-8-10-18-30(26)44(32)22-14-12-20-38-34(46)48-36(4,5)6/h7-10,15-18,23-24H,11-14,19-22H2,1-6H3,(H,37,45)(H,38,46). The molecular weight excluding hydrogens is 608 g/mol. The summed E-state index contributed by atoms with van der Waals surface area (Å²) in [5.74, 6) is 1.47. The number of ether oxygens (including phenoxy) is 2. The van der Waals surface area contributed by atoms with Crippen LogP contribution < -0.4 is 10.6 Å². The average Bonchev–Trinajstić information content (AvgIpc) is 3.58. The second-order valence-electron chi connectivity index (χ2n) is 13.7. The highest BCUT2D eigenvalue weighted by Crippen LogP contribution is 2.27. The zero-order chi connectivity index (χ0) is 34.3. The Morgan fingerprint density at radius 2 is 1.02 bits per heavy atom. The minimum Gasteiger partial charge on any atom is -0.444 e. The number of rotatable bonds is 12. The first-order valence-corrected chi connectivity index (χ1v) is 16.5. The number of nitrogens with one attached hydrogen (secondary N) is 2. The molecular formula is C36H46N8O4. The van der Waals surface area contributed by atoms with Gasteiger partial charge in [-0.25, -0.2) is 29.5 Å². The normalized spacial score (nSPS) is 12.0. The van der Waals surface area contributed by atoms with Gasteiger partial charge in [0.2, 0.25) is 0 Å². The van der Waals surface area contributed by atoms with E-state index in [1.54, 1.807) is 12.4 Å². The monoisotopic (exact) mass is 654 g/mol. The number of hydrogen-bond donors (Lipinski definition) is 2. The number of amides is 2. The van der Waals surface area contributed by atoms with E-state index in [1.807, 2.05) is 77.9 Å². The van der Waals surface area contributed by atoms with Gasteiger partial charge in [-0.2, -0.15) is 0 Å². The van der Waals surface area contributed by atoms with Crippen LogP contribution in [0.25, 0.3) is 45.1 Å². The van der Waals surface area contributed by atoms with E-state index in [-0.39, 0.29) is 0 Å². The Morgan fingerprint density at radius 1 is 0.625 bits per heavy atom. The summed E-state index contributed by atoms with van der Waals surface area (Å²) >= 11 is 0. The number of aromatic nitrogens is 6. The second-order valence-corrected chi connectivity index (χ2v) is 13.7. The number of hydrogen-bond acceptors (Lipinski definition) is 8. The first-order valence-electron chi connectivity index (χ1n) is 16.5. The average molecular weight is 655 g/mol. The Balaban J connectivity index is 1.28. The van der Waals surface area contributed by atoms with Crippen LogP contribution in [0.5, 0.6) is 0 Å². The Kier molecular flexibility index (Phi) is 10.6. The number of carbonyl (C=O) groups excluding carboxylic acids is 2. The topological polar surface area (TPSA) is 138 Å². The number of fused-ring (bicyclic) bond motifs is 2. The number of benzene rings is 2. The van der Waals surface area contributed by atoms with Gasteiger partial charge in [0.05, 0.1) is 34.5 Å². The Bertz CT molecular complexity index is 1710. The molecule has 254 valence electrons. The van der Waals surface area contributed by atoms with E-state index < -0.39 is 23.4 Å². The van der Waals surface area contributed by atoms with Crippen molar-refractivity contribution in [3.8, 4) is 23.0 Å². The predicted molar refractivity (Wildman–Crippen MR) is 186 cm³/mol. The lowest BCUT2D eigenvalue weighted by Crippen LogP contribution is -2.33. The molecule has 2 N–H and O–H groups in total. The molecule has 12 heteroatoms. The van der Waals surface area contributed by atoms with Crippen molar-refractivity contribution < 1.29 is 19.1 Å². The maximum absolute atomic E-state index is 12.0. The van der Waals surface area contributed by atoms with Crippen LogP contribution in [-0.4, -0.2) is 65.5 Å². The molecule has 0 aliphatic rings. The van der Waals surface area contributed by atoms with Crippen molar-refractivity contribution in [3.63, 3.8) is 0 Å². The van der Waals surface area contributed by atoms with Gasteiger partial charge in [0, 0.05) is 26.2 Å². The molecule has 48 heavy (non-hydrogen) atoms. The van der Waals surface area contributed by atoms with Crippen LogP contribution in [0.15, 0.2) is 60.9 Å². The molecule has 5 aromatic rings. The van der Waals surface area contributed by atoms with Crippen molar-refractivity contribution in [2.24, 2.45) is 0 Å². The molecule has 5 rings (SSSR count). The molecule has 0 radical (unpaired) electrons. The summed E-state index contributed by atoms with van der Waals surface area (Å²) in [5.41, 5.74) is 4.07. The Morgan fingerprint density at radius 3 is 1.40 bits per heavy atom.